The maximum Gasteiger partial charge on any atom is 0.274 e. The standard InChI is InChI=1S/C23H22ClN7O3/c1-34-21-8-17(18(24)13-27-21)19-9-20(30-29-19)23(33)31-6-4-15(5-7-31)22(32)28-12-14-2-3-16(10-25)26-11-14/h2-3,8-9,11,13,15H,4-7,12H2,1H3,(H,28,32)(H,29,30). The van der Waals surface area contributed by atoms with E-state index in [4.69, 9.17) is 21.6 Å². The third-order valence-electron chi connectivity index (χ3n) is 5.69. The van der Waals surface area contributed by atoms with Crippen LogP contribution in [0.3, 0.4) is 0 Å². The number of halogens is 1. The number of H-pyrrole nitrogens is 1. The molecule has 0 atom stereocenters. The van der Waals surface area contributed by atoms with Crippen LogP contribution >= 0.6 is 11.6 Å². The average molecular weight is 480 g/mol. The van der Waals surface area contributed by atoms with Gasteiger partial charge in [0.2, 0.25) is 11.8 Å². The van der Waals surface area contributed by atoms with E-state index in [1.54, 1.807) is 35.4 Å². The Morgan fingerprint density at radius 3 is 2.74 bits per heavy atom. The van der Waals surface area contributed by atoms with E-state index < -0.39 is 0 Å². The molecule has 1 saturated heterocycles. The normalized spacial score (nSPS) is 13.9. The number of aromatic nitrogens is 4. The highest BCUT2D eigenvalue weighted by Gasteiger charge is 2.29. The molecule has 2 N–H and O–H groups in total. The zero-order chi connectivity index (χ0) is 24.1. The van der Waals surface area contributed by atoms with Crippen LogP contribution in [0.5, 0.6) is 5.88 Å². The minimum absolute atomic E-state index is 0.0557. The van der Waals surface area contributed by atoms with Crippen molar-refractivity contribution in [3.05, 3.63) is 58.6 Å². The second-order valence-corrected chi connectivity index (χ2v) is 8.23. The zero-order valence-corrected chi connectivity index (χ0v) is 19.2. The van der Waals surface area contributed by atoms with Gasteiger partial charge < -0.3 is 15.0 Å². The third kappa shape index (κ3) is 5.15. The van der Waals surface area contributed by atoms with Gasteiger partial charge >= 0.3 is 0 Å². The molecule has 1 fully saturated rings. The summed E-state index contributed by atoms with van der Waals surface area (Å²) in [5.74, 6) is -0.0344. The van der Waals surface area contributed by atoms with Crippen molar-refractivity contribution < 1.29 is 14.3 Å². The number of nitrogens with zero attached hydrogens (tertiary/aromatic N) is 5. The lowest BCUT2D eigenvalue weighted by atomic mass is 9.95. The molecular weight excluding hydrogens is 458 g/mol. The summed E-state index contributed by atoms with van der Waals surface area (Å²) in [6, 6.07) is 8.66. The number of rotatable bonds is 6. The number of aromatic amines is 1. The van der Waals surface area contributed by atoms with Gasteiger partial charge in [-0.25, -0.2) is 9.97 Å². The van der Waals surface area contributed by atoms with Crippen molar-refractivity contribution in [2.45, 2.75) is 19.4 Å². The number of nitrogens with one attached hydrogen (secondary N) is 2. The quantitative estimate of drug-likeness (QED) is 0.554. The minimum Gasteiger partial charge on any atom is -0.481 e. The lowest BCUT2D eigenvalue weighted by Crippen LogP contribution is -2.43. The Balaban J connectivity index is 1.31. The maximum atomic E-state index is 12.9. The molecule has 0 aromatic carbocycles. The minimum atomic E-state index is -0.206. The summed E-state index contributed by atoms with van der Waals surface area (Å²) in [7, 11) is 1.51. The summed E-state index contributed by atoms with van der Waals surface area (Å²) < 4.78 is 5.14. The van der Waals surface area contributed by atoms with Crippen LogP contribution < -0.4 is 10.1 Å². The summed E-state index contributed by atoms with van der Waals surface area (Å²) in [6.45, 7) is 1.26. The molecule has 3 aromatic heterocycles. The molecule has 0 aliphatic carbocycles. The molecule has 0 unspecified atom stereocenters. The Labute approximate surface area is 200 Å². The van der Waals surface area contributed by atoms with E-state index in [1.165, 1.54) is 13.3 Å². The fourth-order valence-electron chi connectivity index (χ4n) is 3.74. The van der Waals surface area contributed by atoms with E-state index >= 15 is 0 Å². The SMILES string of the molecule is COc1cc(-c2cc(C(=O)N3CCC(C(=O)NCc4ccc(C#N)nc4)CC3)n[nH]2)c(Cl)cn1. The average Bonchev–Trinajstić information content (AvgIpc) is 3.37. The molecule has 174 valence electrons. The summed E-state index contributed by atoms with van der Waals surface area (Å²) in [5, 5.41) is 19.1. The van der Waals surface area contributed by atoms with E-state index in [0.29, 0.717) is 60.3 Å². The fourth-order valence-corrected chi connectivity index (χ4v) is 3.95. The Morgan fingerprint density at radius 1 is 1.26 bits per heavy atom. The monoisotopic (exact) mass is 479 g/mol. The molecule has 4 heterocycles. The predicted molar refractivity (Wildman–Crippen MR) is 123 cm³/mol. The summed E-state index contributed by atoms with van der Waals surface area (Å²) in [6.07, 6.45) is 4.18. The first-order valence-corrected chi connectivity index (χ1v) is 11.0. The predicted octanol–water partition coefficient (Wildman–Crippen LogP) is 2.57. The van der Waals surface area contributed by atoms with Crippen LogP contribution in [0.15, 0.2) is 36.7 Å². The molecule has 34 heavy (non-hydrogen) atoms. The second kappa shape index (κ2) is 10.3. The van der Waals surface area contributed by atoms with Crippen molar-refractivity contribution in [1.29, 1.82) is 5.26 Å². The van der Waals surface area contributed by atoms with Gasteiger partial charge in [-0.2, -0.15) is 10.4 Å². The number of pyridine rings is 2. The molecule has 11 heteroatoms. The number of ether oxygens (including phenoxy) is 1. The molecule has 2 amide bonds. The molecule has 4 rings (SSSR count). The first-order chi connectivity index (χ1) is 16.5. The largest absolute Gasteiger partial charge is 0.481 e. The van der Waals surface area contributed by atoms with Crippen LogP contribution in [0.1, 0.15) is 34.6 Å². The van der Waals surface area contributed by atoms with Crippen molar-refractivity contribution in [2.24, 2.45) is 5.92 Å². The van der Waals surface area contributed by atoms with Crippen LogP contribution in [0.4, 0.5) is 0 Å². The number of carbonyl (C=O) groups excluding carboxylic acids is 2. The number of amides is 2. The van der Waals surface area contributed by atoms with E-state index in [-0.39, 0.29) is 23.4 Å². The maximum absolute atomic E-state index is 12.9. The number of methoxy groups -OCH3 is 1. The topological polar surface area (TPSA) is 137 Å². The van der Waals surface area contributed by atoms with Gasteiger partial charge in [-0.05, 0) is 30.5 Å². The number of piperidine rings is 1. The van der Waals surface area contributed by atoms with Crippen molar-refractivity contribution in [3.63, 3.8) is 0 Å². The lowest BCUT2D eigenvalue weighted by molar-refractivity contribution is -0.126. The van der Waals surface area contributed by atoms with Gasteiger partial charge in [0.1, 0.15) is 11.8 Å². The molecule has 0 radical (unpaired) electrons. The van der Waals surface area contributed by atoms with Crippen molar-refractivity contribution >= 4 is 23.4 Å². The molecule has 0 bridgehead atoms. The lowest BCUT2D eigenvalue weighted by Gasteiger charge is -2.30. The van der Waals surface area contributed by atoms with Gasteiger partial charge in [0.25, 0.3) is 5.91 Å². The van der Waals surface area contributed by atoms with Crippen LogP contribution in [-0.4, -0.2) is 57.1 Å². The summed E-state index contributed by atoms with van der Waals surface area (Å²) in [5.41, 5.74) is 2.65. The smallest absolute Gasteiger partial charge is 0.274 e. The van der Waals surface area contributed by atoms with Crippen molar-refractivity contribution in [1.82, 2.24) is 30.4 Å². The van der Waals surface area contributed by atoms with Gasteiger partial charge in [0, 0.05) is 43.4 Å². The van der Waals surface area contributed by atoms with Crippen LogP contribution in [-0.2, 0) is 11.3 Å². The molecule has 1 aliphatic heterocycles. The highest BCUT2D eigenvalue weighted by atomic mass is 35.5. The van der Waals surface area contributed by atoms with E-state index in [9.17, 15) is 9.59 Å². The Kier molecular flexibility index (Phi) is 7.04. The van der Waals surface area contributed by atoms with E-state index in [0.717, 1.165) is 5.56 Å². The van der Waals surface area contributed by atoms with Gasteiger partial charge in [0.05, 0.1) is 24.0 Å². The number of carbonyl (C=O) groups is 2. The van der Waals surface area contributed by atoms with Gasteiger partial charge in [-0.3, -0.25) is 14.7 Å². The van der Waals surface area contributed by atoms with Gasteiger partial charge in [-0.15, -0.1) is 0 Å². The van der Waals surface area contributed by atoms with Crippen molar-refractivity contribution in [3.8, 4) is 23.2 Å². The number of hydrogen-bond donors (Lipinski definition) is 2. The first-order valence-electron chi connectivity index (χ1n) is 10.7. The first kappa shape index (κ1) is 23.2. The zero-order valence-electron chi connectivity index (χ0n) is 18.4. The Bertz CT molecular complexity index is 1230. The van der Waals surface area contributed by atoms with E-state index in [2.05, 4.69) is 25.5 Å². The Morgan fingerprint density at radius 2 is 2.06 bits per heavy atom. The molecule has 3 aromatic rings. The van der Waals surface area contributed by atoms with Crippen LogP contribution in [0, 0.1) is 17.2 Å². The molecular formula is C23H22ClN7O3. The molecule has 1 aliphatic rings. The summed E-state index contributed by atoms with van der Waals surface area (Å²) in [4.78, 5) is 35.2. The van der Waals surface area contributed by atoms with Crippen LogP contribution in [0.2, 0.25) is 5.02 Å². The van der Waals surface area contributed by atoms with E-state index in [1.807, 2.05) is 6.07 Å². The Hall–Kier alpha value is -3.97. The van der Waals surface area contributed by atoms with Gasteiger partial charge in [0.15, 0.2) is 5.69 Å². The van der Waals surface area contributed by atoms with Crippen LogP contribution in [0.25, 0.3) is 11.3 Å². The van der Waals surface area contributed by atoms with Gasteiger partial charge in [-0.1, -0.05) is 17.7 Å². The highest BCUT2D eigenvalue weighted by Crippen LogP contribution is 2.29. The summed E-state index contributed by atoms with van der Waals surface area (Å²) >= 11 is 6.23. The molecule has 0 saturated carbocycles. The fraction of sp³-hybridized carbons (Fsp3) is 0.304. The number of nitriles is 1. The second-order valence-electron chi connectivity index (χ2n) is 7.82. The third-order valence-corrected chi connectivity index (χ3v) is 5.99. The van der Waals surface area contributed by atoms with Crippen molar-refractivity contribution in [2.75, 3.05) is 20.2 Å². The molecule has 0 spiro atoms. The number of likely N-dealkylation sites (tertiary alicyclic amines) is 1. The number of hydrogen-bond acceptors (Lipinski definition) is 7. The highest BCUT2D eigenvalue weighted by molar-refractivity contribution is 6.33. The molecule has 10 nitrogen and oxygen atoms in total.